The zero-order chi connectivity index (χ0) is 15.8. The molecule has 3 aliphatic rings. The van der Waals surface area contributed by atoms with E-state index in [1.165, 1.54) is 12.8 Å². The van der Waals surface area contributed by atoms with Crippen LogP contribution in [0.5, 0.6) is 0 Å². The number of hydrogen-bond acceptors (Lipinski definition) is 4. The Hall–Kier alpha value is -1.33. The van der Waals surface area contributed by atoms with Crippen LogP contribution in [-0.2, 0) is 16.1 Å². The summed E-state index contributed by atoms with van der Waals surface area (Å²) in [6, 6.07) is 4.25. The van der Waals surface area contributed by atoms with Crippen molar-refractivity contribution in [3.63, 3.8) is 0 Å². The van der Waals surface area contributed by atoms with Gasteiger partial charge in [-0.3, -0.25) is 9.69 Å². The molecule has 3 fully saturated rings. The van der Waals surface area contributed by atoms with Crippen molar-refractivity contribution in [3.8, 4) is 0 Å². The molecule has 5 heteroatoms. The molecule has 1 aliphatic carbocycles. The second-order valence-electron chi connectivity index (χ2n) is 7.30. The molecule has 0 N–H and O–H groups in total. The Morgan fingerprint density at radius 1 is 1.35 bits per heavy atom. The molecule has 0 unspecified atom stereocenters. The molecule has 0 aromatic carbocycles. The number of carbonyl (C=O) groups is 1. The number of piperidine rings is 1. The first kappa shape index (κ1) is 15.2. The summed E-state index contributed by atoms with van der Waals surface area (Å²) in [5.74, 6) is 2.43. The predicted molar refractivity (Wildman–Crippen MR) is 85.7 cm³/mol. The van der Waals surface area contributed by atoms with Crippen molar-refractivity contribution in [2.45, 2.75) is 44.4 Å². The monoisotopic (exact) mass is 318 g/mol. The fourth-order valence-corrected chi connectivity index (χ4v) is 4.28. The first-order valence-electron chi connectivity index (χ1n) is 8.81. The molecule has 0 radical (unpaired) electrons. The van der Waals surface area contributed by atoms with E-state index in [1.807, 2.05) is 12.1 Å². The van der Waals surface area contributed by atoms with Crippen molar-refractivity contribution in [2.24, 2.45) is 11.8 Å². The van der Waals surface area contributed by atoms with Gasteiger partial charge in [0.05, 0.1) is 25.0 Å². The van der Waals surface area contributed by atoms with E-state index in [1.54, 1.807) is 13.4 Å². The predicted octanol–water partition coefficient (Wildman–Crippen LogP) is 2.13. The maximum absolute atomic E-state index is 12.7. The van der Waals surface area contributed by atoms with Gasteiger partial charge in [-0.15, -0.1) is 0 Å². The number of ether oxygens (including phenoxy) is 1. The maximum atomic E-state index is 12.7. The van der Waals surface area contributed by atoms with E-state index in [2.05, 4.69) is 9.80 Å². The van der Waals surface area contributed by atoms with Gasteiger partial charge in [-0.1, -0.05) is 0 Å². The largest absolute Gasteiger partial charge is 0.468 e. The van der Waals surface area contributed by atoms with Crippen molar-refractivity contribution < 1.29 is 13.9 Å². The molecule has 4 rings (SSSR count). The molecule has 1 amide bonds. The van der Waals surface area contributed by atoms with Gasteiger partial charge in [0.25, 0.3) is 0 Å². The minimum atomic E-state index is 0.270. The Morgan fingerprint density at radius 2 is 2.22 bits per heavy atom. The van der Waals surface area contributed by atoms with Crippen molar-refractivity contribution in [1.82, 2.24) is 9.80 Å². The topological polar surface area (TPSA) is 45.9 Å². The summed E-state index contributed by atoms with van der Waals surface area (Å²) in [5, 5.41) is 0. The Balaban J connectivity index is 1.45. The van der Waals surface area contributed by atoms with Crippen molar-refractivity contribution in [3.05, 3.63) is 24.2 Å². The lowest BCUT2D eigenvalue weighted by molar-refractivity contribution is -0.139. The molecule has 1 saturated carbocycles. The molecule has 23 heavy (non-hydrogen) atoms. The van der Waals surface area contributed by atoms with Crippen LogP contribution in [0.25, 0.3) is 0 Å². The van der Waals surface area contributed by atoms with E-state index in [0.29, 0.717) is 23.8 Å². The number of methoxy groups -OCH3 is 1. The summed E-state index contributed by atoms with van der Waals surface area (Å²) in [6.45, 7) is 3.58. The van der Waals surface area contributed by atoms with E-state index in [-0.39, 0.29) is 6.10 Å². The van der Waals surface area contributed by atoms with Crippen molar-refractivity contribution in [1.29, 1.82) is 0 Å². The van der Waals surface area contributed by atoms with Crippen LogP contribution in [0, 0.1) is 11.8 Å². The third kappa shape index (κ3) is 3.17. The number of likely N-dealkylation sites (tertiary alicyclic amines) is 2. The Morgan fingerprint density at radius 3 is 2.91 bits per heavy atom. The molecule has 2 aliphatic heterocycles. The molecule has 1 aromatic heterocycles. The molecule has 5 nitrogen and oxygen atoms in total. The molecule has 3 heterocycles. The van der Waals surface area contributed by atoms with E-state index < -0.39 is 0 Å². The number of amides is 1. The van der Waals surface area contributed by atoms with Gasteiger partial charge < -0.3 is 14.1 Å². The molecule has 3 atom stereocenters. The highest BCUT2D eigenvalue weighted by Gasteiger charge is 2.46. The molecule has 2 saturated heterocycles. The highest BCUT2D eigenvalue weighted by Crippen LogP contribution is 2.37. The molecule has 0 spiro atoms. The fraction of sp³-hybridized carbons (Fsp3) is 0.722. The first-order chi connectivity index (χ1) is 11.2. The molecular formula is C18H26N2O3. The molecule has 1 aromatic rings. The zero-order valence-corrected chi connectivity index (χ0v) is 13.8. The minimum absolute atomic E-state index is 0.270. The lowest BCUT2D eigenvalue weighted by Crippen LogP contribution is -2.53. The molecule has 126 valence electrons. The fourth-order valence-electron chi connectivity index (χ4n) is 4.28. The van der Waals surface area contributed by atoms with Crippen LogP contribution in [0.1, 0.15) is 31.4 Å². The van der Waals surface area contributed by atoms with Gasteiger partial charge in [0.1, 0.15) is 5.76 Å². The summed E-state index contributed by atoms with van der Waals surface area (Å²) >= 11 is 0. The van der Waals surface area contributed by atoms with Gasteiger partial charge in [-0.05, 0) is 37.3 Å². The van der Waals surface area contributed by atoms with Gasteiger partial charge in [0.2, 0.25) is 5.91 Å². The van der Waals surface area contributed by atoms with Crippen LogP contribution < -0.4 is 0 Å². The lowest BCUT2D eigenvalue weighted by Gasteiger charge is -2.41. The normalized spacial score (nSPS) is 31.3. The van der Waals surface area contributed by atoms with Crippen molar-refractivity contribution >= 4 is 5.91 Å². The summed E-state index contributed by atoms with van der Waals surface area (Å²) in [7, 11) is 1.80. The van der Waals surface area contributed by atoms with Gasteiger partial charge in [0, 0.05) is 39.1 Å². The standard InChI is InChI=1S/C18H26N2O3/c1-22-17-6-7-20(18(21)9-13-4-5-13)16-12-19(11-15(16)17)10-14-3-2-8-23-14/h2-3,8,13,15-17H,4-7,9-12H2,1H3/t15-,16+,17+/m0/s1. The Kier molecular flexibility index (Phi) is 4.16. The number of fused-ring (bicyclic) bond motifs is 1. The number of furan rings is 1. The minimum Gasteiger partial charge on any atom is -0.468 e. The number of rotatable bonds is 5. The molecular weight excluding hydrogens is 292 g/mol. The van der Waals surface area contributed by atoms with Crippen LogP contribution in [0.3, 0.4) is 0 Å². The van der Waals surface area contributed by atoms with Gasteiger partial charge in [-0.2, -0.15) is 0 Å². The van der Waals surface area contributed by atoms with Crippen molar-refractivity contribution in [2.75, 3.05) is 26.7 Å². The first-order valence-corrected chi connectivity index (χ1v) is 8.81. The van der Waals surface area contributed by atoms with E-state index in [0.717, 1.165) is 44.8 Å². The van der Waals surface area contributed by atoms with Gasteiger partial charge in [-0.25, -0.2) is 0 Å². The Bertz CT molecular complexity index is 540. The third-order valence-corrected chi connectivity index (χ3v) is 5.68. The van der Waals surface area contributed by atoms with Crippen LogP contribution >= 0.6 is 0 Å². The van der Waals surface area contributed by atoms with E-state index in [9.17, 15) is 4.79 Å². The van der Waals surface area contributed by atoms with Gasteiger partial charge in [0.15, 0.2) is 0 Å². The molecule has 0 bridgehead atoms. The summed E-state index contributed by atoms with van der Waals surface area (Å²) in [4.78, 5) is 17.2. The number of hydrogen-bond donors (Lipinski definition) is 0. The summed E-state index contributed by atoms with van der Waals surface area (Å²) < 4.78 is 11.2. The lowest BCUT2D eigenvalue weighted by atomic mass is 9.88. The van der Waals surface area contributed by atoms with E-state index in [4.69, 9.17) is 9.15 Å². The number of nitrogens with zero attached hydrogens (tertiary/aromatic N) is 2. The smallest absolute Gasteiger partial charge is 0.223 e. The second kappa shape index (κ2) is 6.29. The average molecular weight is 318 g/mol. The second-order valence-corrected chi connectivity index (χ2v) is 7.30. The third-order valence-electron chi connectivity index (χ3n) is 5.68. The Labute approximate surface area is 137 Å². The van der Waals surface area contributed by atoms with E-state index >= 15 is 0 Å². The SMILES string of the molecule is CO[C@@H]1CCN(C(=O)CC2CC2)[C@@H]2CN(Cc3ccco3)C[C@@H]21. The summed E-state index contributed by atoms with van der Waals surface area (Å²) in [6.07, 6.45) is 6.17. The highest BCUT2D eigenvalue weighted by atomic mass is 16.5. The average Bonchev–Trinajstić information content (AvgIpc) is 3.04. The van der Waals surface area contributed by atoms with Crippen LogP contribution in [0.2, 0.25) is 0 Å². The number of carbonyl (C=O) groups excluding carboxylic acids is 1. The highest BCUT2D eigenvalue weighted by molar-refractivity contribution is 5.77. The summed E-state index contributed by atoms with van der Waals surface area (Å²) in [5.41, 5.74) is 0. The van der Waals surface area contributed by atoms with Crippen LogP contribution in [-0.4, -0.2) is 54.6 Å². The van der Waals surface area contributed by atoms with Gasteiger partial charge >= 0.3 is 0 Å². The zero-order valence-electron chi connectivity index (χ0n) is 13.8. The van der Waals surface area contributed by atoms with Crippen LogP contribution in [0.4, 0.5) is 0 Å². The van der Waals surface area contributed by atoms with Crippen LogP contribution in [0.15, 0.2) is 22.8 Å². The maximum Gasteiger partial charge on any atom is 0.223 e. The quantitative estimate of drug-likeness (QED) is 0.834.